The van der Waals surface area contributed by atoms with Gasteiger partial charge in [-0.2, -0.15) is 0 Å². The van der Waals surface area contributed by atoms with Crippen molar-refractivity contribution in [3.8, 4) is 0 Å². The number of hydrogen-bond donors (Lipinski definition) is 1. The molecule has 0 aliphatic carbocycles. The van der Waals surface area contributed by atoms with Crippen molar-refractivity contribution < 1.29 is 5.21 Å². The lowest BCUT2D eigenvalue weighted by atomic mass is 9.79. The summed E-state index contributed by atoms with van der Waals surface area (Å²) in [6, 6.07) is 21.6. The third-order valence-corrected chi connectivity index (χ3v) is 7.18. The standard InChI is InChI=1S/C21H28N2OP/c1-20(2)15-17(16-21(3,4)23(20)24)22-25(18-11-7-5-8-12-18)19-13-9-6-10-14-19/h5-14,17,22H,15-16H2,1-4H3. The van der Waals surface area contributed by atoms with Crippen LogP contribution in [0.3, 0.4) is 0 Å². The van der Waals surface area contributed by atoms with Gasteiger partial charge in [-0.3, -0.25) is 5.09 Å². The topological polar surface area (TPSA) is 35.2 Å². The van der Waals surface area contributed by atoms with Gasteiger partial charge in [0.05, 0.1) is 0 Å². The quantitative estimate of drug-likeness (QED) is 0.842. The van der Waals surface area contributed by atoms with E-state index in [1.165, 1.54) is 15.7 Å². The van der Waals surface area contributed by atoms with E-state index in [9.17, 15) is 5.21 Å². The van der Waals surface area contributed by atoms with Gasteiger partial charge in [-0.1, -0.05) is 60.7 Å². The fourth-order valence-corrected chi connectivity index (χ4v) is 6.07. The van der Waals surface area contributed by atoms with E-state index in [0.717, 1.165) is 12.8 Å². The molecule has 1 radical (unpaired) electrons. The molecule has 0 saturated carbocycles. The summed E-state index contributed by atoms with van der Waals surface area (Å²) in [7, 11) is -0.641. The molecular weight excluding hydrogens is 327 g/mol. The van der Waals surface area contributed by atoms with Crippen molar-refractivity contribution in [1.29, 1.82) is 0 Å². The minimum Gasteiger partial charge on any atom is -0.285 e. The van der Waals surface area contributed by atoms with Crippen LogP contribution in [0.4, 0.5) is 0 Å². The molecule has 0 spiro atoms. The zero-order valence-electron chi connectivity index (χ0n) is 15.6. The molecule has 0 unspecified atom stereocenters. The number of piperidine rings is 1. The van der Waals surface area contributed by atoms with Crippen molar-refractivity contribution >= 4 is 18.7 Å². The fourth-order valence-electron chi connectivity index (χ4n) is 3.99. The molecule has 0 bridgehead atoms. The number of hydroxylamine groups is 2. The smallest absolute Gasteiger partial charge is 0.0458 e. The van der Waals surface area contributed by atoms with Gasteiger partial charge in [0.25, 0.3) is 0 Å². The van der Waals surface area contributed by atoms with E-state index in [4.69, 9.17) is 0 Å². The van der Waals surface area contributed by atoms with E-state index in [0.29, 0.717) is 6.04 Å². The average Bonchev–Trinajstić information content (AvgIpc) is 2.59. The Labute approximate surface area is 152 Å². The molecule has 1 N–H and O–H groups in total. The molecule has 1 saturated heterocycles. The van der Waals surface area contributed by atoms with Crippen LogP contribution in [0.2, 0.25) is 0 Å². The van der Waals surface area contributed by atoms with Crippen molar-refractivity contribution in [2.45, 2.75) is 57.7 Å². The first-order valence-electron chi connectivity index (χ1n) is 8.93. The van der Waals surface area contributed by atoms with Crippen LogP contribution < -0.4 is 15.7 Å². The highest BCUT2D eigenvalue weighted by Crippen LogP contribution is 2.40. The molecule has 2 aromatic rings. The average molecular weight is 355 g/mol. The minimum atomic E-state index is -0.641. The van der Waals surface area contributed by atoms with Crippen LogP contribution in [0.1, 0.15) is 40.5 Å². The second kappa shape index (κ2) is 7.17. The van der Waals surface area contributed by atoms with E-state index >= 15 is 0 Å². The minimum absolute atomic E-state index is 0.321. The van der Waals surface area contributed by atoms with E-state index in [-0.39, 0.29) is 11.1 Å². The van der Waals surface area contributed by atoms with Crippen molar-refractivity contribution in [1.82, 2.24) is 10.2 Å². The summed E-state index contributed by atoms with van der Waals surface area (Å²) in [6.07, 6.45) is 1.72. The highest BCUT2D eigenvalue weighted by molar-refractivity contribution is 7.71. The molecule has 3 nitrogen and oxygen atoms in total. The van der Waals surface area contributed by atoms with Crippen LogP contribution in [0, 0.1) is 0 Å². The number of benzene rings is 2. The van der Waals surface area contributed by atoms with Crippen LogP contribution in [0.25, 0.3) is 0 Å². The highest BCUT2D eigenvalue weighted by atomic mass is 31.1. The maximum absolute atomic E-state index is 12.6. The first kappa shape index (κ1) is 18.5. The summed E-state index contributed by atoms with van der Waals surface area (Å²) < 4.78 is 0. The van der Waals surface area contributed by atoms with Crippen LogP contribution >= 0.6 is 8.07 Å². The van der Waals surface area contributed by atoms with E-state index < -0.39 is 8.07 Å². The molecule has 1 heterocycles. The molecule has 1 aliphatic rings. The summed E-state index contributed by atoms with van der Waals surface area (Å²) in [6.45, 7) is 8.23. The van der Waals surface area contributed by atoms with Crippen molar-refractivity contribution in [2.24, 2.45) is 0 Å². The normalized spacial score (nSPS) is 20.7. The molecule has 2 aromatic carbocycles. The molecule has 3 rings (SSSR count). The molecular formula is C21H28N2OP. The van der Waals surface area contributed by atoms with Gasteiger partial charge in [0.2, 0.25) is 0 Å². The Kier molecular flexibility index (Phi) is 5.31. The maximum atomic E-state index is 12.6. The Hall–Kier alpha value is -1.25. The molecule has 0 amide bonds. The summed E-state index contributed by atoms with van der Waals surface area (Å²) in [5.74, 6) is 0. The van der Waals surface area contributed by atoms with Crippen molar-refractivity contribution in [3.63, 3.8) is 0 Å². The van der Waals surface area contributed by atoms with Gasteiger partial charge in [0, 0.05) is 25.2 Å². The van der Waals surface area contributed by atoms with Crippen LogP contribution in [-0.4, -0.2) is 22.2 Å². The third-order valence-electron chi connectivity index (χ3n) is 4.93. The van der Waals surface area contributed by atoms with Gasteiger partial charge in [-0.15, -0.1) is 10.3 Å². The monoisotopic (exact) mass is 355 g/mol. The van der Waals surface area contributed by atoms with Gasteiger partial charge in [-0.25, -0.2) is 0 Å². The molecule has 25 heavy (non-hydrogen) atoms. The first-order valence-corrected chi connectivity index (χ1v) is 10.3. The summed E-state index contributed by atoms with van der Waals surface area (Å²) in [5, 5.41) is 20.5. The van der Waals surface area contributed by atoms with E-state index in [1.807, 2.05) is 0 Å². The molecule has 133 valence electrons. The maximum Gasteiger partial charge on any atom is 0.0458 e. The number of nitrogens with zero attached hydrogens (tertiary/aromatic N) is 1. The lowest BCUT2D eigenvalue weighted by molar-refractivity contribution is -0.289. The number of nitrogens with one attached hydrogen (secondary N) is 1. The lowest BCUT2D eigenvalue weighted by Gasteiger charge is -2.50. The molecule has 1 aliphatic heterocycles. The zero-order chi connectivity index (χ0) is 18.1. The molecule has 0 atom stereocenters. The number of rotatable bonds is 4. The van der Waals surface area contributed by atoms with Crippen LogP contribution in [0.5, 0.6) is 0 Å². The predicted molar refractivity (Wildman–Crippen MR) is 106 cm³/mol. The van der Waals surface area contributed by atoms with Crippen molar-refractivity contribution in [2.75, 3.05) is 0 Å². The summed E-state index contributed by atoms with van der Waals surface area (Å²) in [4.78, 5) is 0. The van der Waals surface area contributed by atoms with Gasteiger partial charge < -0.3 is 0 Å². The van der Waals surface area contributed by atoms with E-state index in [2.05, 4.69) is 93.4 Å². The largest absolute Gasteiger partial charge is 0.285 e. The van der Waals surface area contributed by atoms with Crippen LogP contribution in [-0.2, 0) is 5.21 Å². The zero-order valence-corrected chi connectivity index (χ0v) is 16.5. The fraction of sp³-hybridized carbons (Fsp3) is 0.429. The lowest BCUT2D eigenvalue weighted by Crippen LogP contribution is -2.61. The van der Waals surface area contributed by atoms with E-state index in [1.54, 1.807) is 0 Å². The Bertz CT molecular complexity index is 630. The Balaban J connectivity index is 1.89. The summed E-state index contributed by atoms with van der Waals surface area (Å²) >= 11 is 0. The predicted octanol–water partition coefficient (Wildman–Crippen LogP) is 3.99. The molecule has 0 aromatic heterocycles. The first-order chi connectivity index (χ1) is 11.8. The second-order valence-corrected chi connectivity index (χ2v) is 10.1. The van der Waals surface area contributed by atoms with Crippen LogP contribution in [0.15, 0.2) is 60.7 Å². The number of hydrogen-bond acceptors (Lipinski definition) is 2. The highest BCUT2D eigenvalue weighted by Gasteiger charge is 2.46. The van der Waals surface area contributed by atoms with Gasteiger partial charge in [-0.05, 0) is 51.1 Å². The van der Waals surface area contributed by atoms with Crippen molar-refractivity contribution in [3.05, 3.63) is 60.7 Å². The SMILES string of the molecule is CC1(C)CC(NP(c2ccccc2)c2ccccc2)CC(C)(C)N1[O]. The molecule has 1 fully saturated rings. The summed E-state index contributed by atoms with van der Waals surface area (Å²) in [5.41, 5.74) is -0.707. The Morgan fingerprint density at radius 3 is 1.64 bits per heavy atom. The Morgan fingerprint density at radius 1 is 0.840 bits per heavy atom. The van der Waals surface area contributed by atoms with Gasteiger partial charge in [0.15, 0.2) is 0 Å². The Morgan fingerprint density at radius 2 is 1.24 bits per heavy atom. The second-order valence-electron chi connectivity index (χ2n) is 8.16. The third kappa shape index (κ3) is 4.12. The molecule has 4 heteroatoms. The van der Waals surface area contributed by atoms with Gasteiger partial charge in [0.1, 0.15) is 0 Å². The van der Waals surface area contributed by atoms with Gasteiger partial charge >= 0.3 is 0 Å².